The zero-order valence-electron chi connectivity index (χ0n) is 15.8. The quantitative estimate of drug-likeness (QED) is 0.427. The predicted molar refractivity (Wildman–Crippen MR) is 122 cm³/mol. The maximum atomic E-state index is 4.40. The standard InChI is InChI=1S/C10H9NS.C9H14P2.C2H6/c1-8-11-10(7-12-8)9-5-3-2-4-6-9;1-7-4-3-5-8(6-7)9(2,10)11;1-2/h2-7H,1H3;3-6H,10-11H2,1-2H3;1-2H3. The lowest BCUT2D eigenvalue weighted by atomic mass is 10.1. The summed E-state index contributed by atoms with van der Waals surface area (Å²) >= 11 is 1.69. The van der Waals surface area contributed by atoms with E-state index in [1.165, 1.54) is 16.7 Å². The molecular formula is C21H29NP2S. The van der Waals surface area contributed by atoms with Gasteiger partial charge in [-0.05, 0) is 26.3 Å². The fraction of sp³-hybridized carbons (Fsp3) is 0.286. The highest BCUT2D eigenvalue weighted by Crippen LogP contribution is 2.37. The first-order valence-electron chi connectivity index (χ1n) is 8.49. The second-order valence-electron chi connectivity index (χ2n) is 5.77. The molecular weight excluding hydrogens is 360 g/mol. The minimum absolute atomic E-state index is 0.117. The van der Waals surface area contributed by atoms with Crippen LogP contribution in [0.5, 0.6) is 0 Å². The van der Waals surface area contributed by atoms with E-state index in [9.17, 15) is 0 Å². The molecule has 0 aliphatic carbocycles. The van der Waals surface area contributed by atoms with Crippen molar-refractivity contribution in [2.75, 3.05) is 0 Å². The Balaban J connectivity index is 0.000000229. The van der Waals surface area contributed by atoms with E-state index in [0.29, 0.717) is 0 Å². The first-order valence-corrected chi connectivity index (χ1v) is 10.5. The highest BCUT2D eigenvalue weighted by atomic mass is 32.1. The lowest BCUT2D eigenvalue weighted by Gasteiger charge is -2.18. The number of aryl methyl sites for hydroxylation is 2. The topological polar surface area (TPSA) is 12.9 Å². The summed E-state index contributed by atoms with van der Waals surface area (Å²) in [7, 11) is 5.63. The molecule has 25 heavy (non-hydrogen) atoms. The van der Waals surface area contributed by atoms with Crippen molar-refractivity contribution in [2.24, 2.45) is 0 Å². The molecule has 0 spiro atoms. The smallest absolute Gasteiger partial charge is 0.0901 e. The van der Waals surface area contributed by atoms with Gasteiger partial charge >= 0.3 is 0 Å². The van der Waals surface area contributed by atoms with Crippen molar-refractivity contribution in [3.8, 4) is 11.3 Å². The molecule has 0 N–H and O–H groups in total. The van der Waals surface area contributed by atoms with Crippen LogP contribution in [0.4, 0.5) is 0 Å². The van der Waals surface area contributed by atoms with Gasteiger partial charge < -0.3 is 0 Å². The Morgan fingerprint density at radius 2 is 1.56 bits per heavy atom. The Bertz CT molecular complexity index is 746. The van der Waals surface area contributed by atoms with Crippen LogP contribution >= 0.6 is 29.8 Å². The van der Waals surface area contributed by atoms with Gasteiger partial charge in [0, 0.05) is 15.8 Å². The molecule has 4 heteroatoms. The van der Waals surface area contributed by atoms with Gasteiger partial charge in [0.2, 0.25) is 0 Å². The Morgan fingerprint density at radius 3 is 2.00 bits per heavy atom. The number of aromatic nitrogens is 1. The summed E-state index contributed by atoms with van der Waals surface area (Å²) in [6.45, 7) is 10.3. The summed E-state index contributed by atoms with van der Waals surface area (Å²) in [6, 6.07) is 18.8. The molecule has 0 saturated carbocycles. The number of thiazole rings is 1. The average Bonchev–Trinajstić information content (AvgIpc) is 3.04. The van der Waals surface area contributed by atoms with Crippen LogP contribution < -0.4 is 0 Å². The molecule has 1 aromatic heterocycles. The molecule has 2 unspecified atom stereocenters. The Labute approximate surface area is 161 Å². The second kappa shape index (κ2) is 10.8. The van der Waals surface area contributed by atoms with Crippen LogP contribution in [0.3, 0.4) is 0 Å². The van der Waals surface area contributed by atoms with E-state index < -0.39 is 0 Å². The minimum atomic E-state index is 0.117. The van der Waals surface area contributed by atoms with Crippen LogP contribution in [-0.2, 0) is 4.90 Å². The van der Waals surface area contributed by atoms with Crippen molar-refractivity contribution in [2.45, 2.75) is 39.5 Å². The van der Waals surface area contributed by atoms with E-state index in [-0.39, 0.29) is 4.90 Å². The number of hydrogen-bond donors (Lipinski definition) is 0. The molecule has 0 aliphatic heterocycles. The predicted octanol–water partition coefficient (Wildman–Crippen LogP) is 7.06. The molecule has 134 valence electrons. The summed E-state index contributed by atoms with van der Waals surface area (Å²) in [5, 5.41) is 3.21. The largest absolute Gasteiger partial charge is 0.242 e. The maximum absolute atomic E-state index is 4.40. The third kappa shape index (κ3) is 7.78. The first-order chi connectivity index (χ1) is 11.9. The van der Waals surface area contributed by atoms with Gasteiger partial charge in [-0.1, -0.05) is 74.0 Å². The number of hydrogen-bond acceptors (Lipinski definition) is 2. The lowest BCUT2D eigenvalue weighted by Crippen LogP contribution is -2.01. The van der Waals surface area contributed by atoms with Gasteiger partial charge in [-0.3, -0.25) is 0 Å². The van der Waals surface area contributed by atoms with E-state index in [1.54, 1.807) is 11.3 Å². The zero-order valence-corrected chi connectivity index (χ0v) is 18.9. The summed E-state index contributed by atoms with van der Waals surface area (Å²) in [5.41, 5.74) is 4.94. The lowest BCUT2D eigenvalue weighted by molar-refractivity contribution is 1.01. The van der Waals surface area contributed by atoms with Gasteiger partial charge in [0.15, 0.2) is 0 Å². The van der Waals surface area contributed by atoms with Crippen molar-refractivity contribution in [3.05, 3.63) is 76.1 Å². The van der Waals surface area contributed by atoms with Crippen LogP contribution in [0, 0.1) is 13.8 Å². The summed E-state index contributed by atoms with van der Waals surface area (Å²) in [5.74, 6) is 0. The summed E-state index contributed by atoms with van der Waals surface area (Å²) < 4.78 is 0. The highest BCUT2D eigenvalue weighted by molar-refractivity contribution is 7.38. The third-order valence-corrected chi connectivity index (χ3v) is 4.77. The average molecular weight is 389 g/mol. The van der Waals surface area contributed by atoms with E-state index in [0.717, 1.165) is 10.7 Å². The van der Waals surface area contributed by atoms with Gasteiger partial charge in [-0.15, -0.1) is 29.8 Å². The van der Waals surface area contributed by atoms with E-state index in [4.69, 9.17) is 0 Å². The zero-order chi connectivity index (χ0) is 18.9. The van der Waals surface area contributed by atoms with Gasteiger partial charge in [0.25, 0.3) is 0 Å². The molecule has 0 fully saturated rings. The van der Waals surface area contributed by atoms with E-state index in [1.807, 2.05) is 39.0 Å². The number of benzene rings is 2. The minimum Gasteiger partial charge on any atom is -0.242 e. The molecule has 0 saturated heterocycles. The van der Waals surface area contributed by atoms with Crippen LogP contribution in [0.15, 0.2) is 60.0 Å². The molecule has 0 amide bonds. The van der Waals surface area contributed by atoms with Gasteiger partial charge in [0.1, 0.15) is 0 Å². The van der Waals surface area contributed by atoms with Crippen LogP contribution in [0.1, 0.15) is 36.9 Å². The molecule has 0 radical (unpaired) electrons. The van der Waals surface area contributed by atoms with Crippen molar-refractivity contribution in [1.82, 2.24) is 4.98 Å². The van der Waals surface area contributed by atoms with Crippen LogP contribution in [-0.4, -0.2) is 4.98 Å². The first kappa shape index (κ1) is 22.0. The SMILES string of the molecule is CC.Cc1cccc(C(C)(P)P)c1.Cc1nc(-c2ccccc2)cs1. The fourth-order valence-electron chi connectivity index (χ4n) is 2.09. The Morgan fingerprint density at radius 1 is 0.920 bits per heavy atom. The molecule has 0 aliphatic rings. The van der Waals surface area contributed by atoms with Gasteiger partial charge in [0.05, 0.1) is 10.7 Å². The van der Waals surface area contributed by atoms with Gasteiger partial charge in [-0.25, -0.2) is 4.98 Å². The molecule has 2 atom stereocenters. The Kier molecular flexibility index (Phi) is 9.51. The monoisotopic (exact) mass is 389 g/mol. The number of nitrogens with zero attached hydrogens (tertiary/aromatic N) is 1. The van der Waals surface area contributed by atoms with Crippen molar-refractivity contribution in [3.63, 3.8) is 0 Å². The van der Waals surface area contributed by atoms with E-state index in [2.05, 4.69) is 79.1 Å². The van der Waals surface area contributed by atoms with Gasteiger partial charge in [-0.2, -0.15) is 0 Å². The van der Waals surface area contributed by atoms with Crippen molar-refractivity contribution >= 4 is 29.8 Å². The summed E-state index contributed by atoms with van der Waals surface area (Å²) in [6.07, 6.45) is 0. The molecule has 2 aromatic carbocycles. The molecule has 0 bridgehead atoms. The maximum Gasteiger partial charge on any atom is 0.0901 e. The number of rotatable bonds is 2. The highest BCUT2D eigenvalue weighted by Gasteiger charge is 2.12. The van der Waals surface area contributed by atoms with Crippen LogP contribution in [0.2, 0.25) is 0 Å². The summed E-state index contributed by atoms with van der Waals surface area (Å²) in [4.78, 5) is 4.52. The Hall–Kier alpha value is -1.07. The van der Waals surface area contributed by atoms with Crippen molar-refractivity contribution in [1.29, 1.82) is 0 Å². The molecule has 1 heterocycles. The normalized spacial score (nSPS) is 10.2. The molecule has 1 nitrogen and oxygen atoms in total. The second-order valence-corrected chi connectivity index (χ2v) is 9.90. The molecule has 3 aromatic rings. The fourth-order valence-corrected chi connectivity index (χ4v) is 3.07. The van der Waals surface area contributed by atoms with E-state index >= 15 is 0 Å². The van der Waals surface area contributed by atoms with Crippen molar-refractivity contribution < 1.29 is 0 Å². The third-order valence-electron chi connectivity index (χ3n) is 3.33. The van der Waals surface area contributed by atoms with Crippen LogP contribution in [0.25, 0.3) is 11.3 Å². The molecule has 3 rings (SSSR count).